The van der Waals surface area contributed by atoms with Crippen LogP contribution in [-0.4, -0.2) is 39.1 Å². The molecule has 9 nitrogen and oxygen atoms in total. The third-order valence-electron chi connectivity index (χ3n) is 6.72. The SMILES string of the molecule is COC(=O)C1=C(C(=O)OC)N(c2ccc3c(c2)N(C)C(=O)C3(C)C)C(N)=C(C#N)C1c1ccccc1. The Labute approximate surface area is 209 Å². The van der Waals surface area contributed by atoms with Crippen LogP contribution in [0, 0.1) is 11.3 Å². The maximum absolute atomic E-state index is 13.2. The number of anilines is 2. The summed E-state index contributed by atoms with van der Waals surface area (Å²) in [5, 5.41) is 10.2. The fourth-order valence-electron chi connectivity index (χ4n) is 4.89. The molecule has 184 valence electrons. The first-order valence-corrected chi connectivity index (χ1v) is 11.2. The number of carbonyl (C=O) groups is 3. The van der Waals surface area contributed by atoms with Gasteiger partial charge in [0.1, 0.15) is 11.5 Å². The lowest BCUT2D eigenvalue weighted by molar-refractivity contribution is -0.139. The number of nitriles is 1. The molecule has 0 fully saturated rings. The molecule has 4 rings (SSSR count). The van der Waals surface area contributed by atoms with Gasteiger partial charge in [-0.2, -0.15) is 5.26 Å². The van der Waals surface area contributed by atoms with Gasteiger partial charge in [-0.25, -0.2) is 9.59 Å². The number of hydrogen-bond acceptors (Lipinski definition) is 8. The van der Waals surface area contributed by atoms with Crippen LogP contribution in [0.1, 0.15) is 30.9 Å². The van der Waals surface area contributed by atoms with Crippen LogP contribution in [0.4, 0.5) is 11.4 Å². The van der Waals surface area contributed by atoms with Crippen molar-refractivity contribution in [2.75, 3.05) is 31.1 Å². The topological polar surface area (TPSA) is 126 Å². The molecule has 2 aromatic carbocycles. The van der Waals surface area contributed by atoms with E-state index in [1.807, 2.05) is 13.8 Å². The van der Waals surface area contributed by atoms with Gasteiger partial charge < -0.3 is 20.1 Å². The summed E-state index contributed by atoms with van der Waals surface area (Å²) in [7, 11) is 4.05. The van der Waals surface area contributed by atoms with Crippen molar-refractivity contribution in [3.8, 4) is 6.07 Å². The van der Waals surface area contributed by atoms with Crippen LogP contribution in [0.15, 0.2) is 71.2 Å². The number of esters is 2. The molecule has 1 unspecified atom stereocenters. The number of ether oxygens (including phenoxy) is 2. The Morgan fingerprint density at radius 2 is 1.69 bits per heavy atom. The highest BCUT2D eigenvalue weighted by molar-refractivity contribution is 6.09. The fourth-order valence-corrected chi connectivity index (χ4v) is 4.89. The third kappa shape index (κ3) is 3.50. The lowest BCUT2D eigenvalue weighted by Crippen LogP contribution is -2.40. The highest BCUT2D eigenvalue weighted by atomic mass is 16.5. The Morgan fingerprint density at radius 1 is 1.06 bits per heavy atom. The Kier molecular flexibility index (Phi) is 6.06. The molecular formula is C27H26N4O5. The smallest absolute Gasteiger partial charge is 0.355 e. The van der Waals surface area contributed by atoms with E-state index in [1.54, 1.807) is 55.6 Å². The van der Waals surface area contributed by atoms with Crippen molar-refractivity contribution in [3.05, 3.63) is 82.3 Å². The summed E-state index contributed by atoms with van der Waals surface area (Å²) in [6.07, 6.45) is 0. The van der Waals surface area contributed by atoms with Crippen molar-refractivity contribution in [1.29, 1.82) is 5.26 Å². The first kappa shape index (κ1) is 24.5. The molecule has 2 aromatic rings. The lowest BCUT2D eigenvalue weighted by atomic mass is 9.80. The van der Waals surface area contributed by atoms with E-state index in [0.29, 0.717) is 16.9 Å². The zero-order chi connectivity index (χ0) is 26.4. The van der Waals surface area contributed by atoms with Crippen molar-refractivity contribution in [1.82, 2.24) is 0 Å². The van der Waals surface area contributed by atoms with Crippen molar-refractivity contribution < 1.29 is 23.9 Å². The number of hydrogen-bond donors (Lipinski definition) is 1. The number of nitrogens with zero attached hydrogens (tertiary/aromatic N) is 3. The van der Waals surface area contributed by atoms with Crippen molar-refractivity contribution in [3.63, 3.8) is 0 Å². The van der Waals surface area contributed by atoms with Crippen LogP contribution in [0.2, 0.25) is 0 Å². The number of carbonyl (C=O) groups excluding carboxylic acids is 3. The number of fused-ring (bicyclic) bond motifs is 1. The van der Waals surface area contributed by atoms with Gasteiger partial charge in [0, 0.05) is 18.4 Å². The van der Waals surface area contributed by atoms with E-state index >= 15 is 0 Å². The van der Waals surface area contributed by atoms with Gasteiger partial charge in [-0.15, -0.1) is 0 Å². The predicted molar refractivity (Wildman–Crippen MR) is 132 cm³/mol. The summed E-state index contributed by atoms with van der Waals surface area (Å²) in [6, 6.07) is 16.1. The van der Waals surface area contributed by atoms with Crippen molar-refractivity contribution in [2.24, 2.45) is 5.73 Å². The van der Waals surface area contributed by atoms with E-state index in [0.717, 1.165) is 5.56 Å². The molecule has 2 aliphatic heterocycles. The summed E-state index contributed by atoms with van der Waals surface area (Å²) < 4.78 is 10.1. The molecule has 36 heavy (non-hydrogen) atoms. The van der Waals surface area contributed by atoms with Crippen LogP contribution in [-0.2, 0) is 29.3 Å². The maximum atomic E-state index is 13.2. The maximum Gasteiger partial charge on any atom is 0.355 e. The second-order valence-corrected chi connectivity index (χ2v) is 9.03. The van der Waals surface area contributed by atoms with Crippen LogP contribution in [0.25, 0.3) is 0 Å². The molecule has 0 spiro atoms. The minimum atomic E-state index is -0.952. The predicted octanol–water partition coefficient (Wildman–Crippen LogP) is 2.84. The summed E-state index contributed by atoms with van der Waals surface area (Å²) >= 11 is 0. The Morgan fingerprint density at radius 3 is 2.28 bits per heavy atom. The summed E-state index contributed by atoms with van der Waals surface area (Å²) in [5.74, 6) is -2.71. The minimum Gasteiger partial charge on any atom is -0.466 e. The number of benzene rings is 2. The van der Waals surface area contributed by atoms with Gasteiger partial charge in [0.15, 0.2) is 0 Å². The second-order valence-electron chi connectivity index (χ2n) is 9.03. The first-order chi connectivity index (χ1) is 17.1. The van der Waals surface area contributed by atoms with Crippen molar-refractivity contribution in [2.45, 2.75) is 25.2 Å². The summed E-state index contributed by atoms with van der Waals surface area (Å²) in [6.45, 7) is 3.67. The fraction of sp³-hybridized carbons (Fsp3) is 0.259. The molecular weight excluding hydrogens is 460 g/mol. The van der Waals surface area contributed by atoms with Gasteiger partial charge in [-0.1, -0.05) is 36.4 Å². The highest BCUT2D eigenvalue weighted by Gasteiger charge is 2.45. The molecule has 0 saturated carbocycles. The van der Waals surface area contributed by atoms with Gasteiger partial charge in [0.05, 0.1) is 42.8 Å². The molecule has 2 aliphatic rings. The van der Waals surface area contributed by atoms with E-state index in [1.165, 1.54) is 24.0 Å². The molecule has 0 aromatic heterocycles. The molecule has 9 heteroatoms. The van der Waals surface area contributed by atoms with E-state index in [-0.39, 0.29) is 28.6 Å². The zero-order valence-corrected chi connectivity index (χ0v) is 20.7. The second kappa shape index (κ2) is 8.89. The number of nitrogens with two attached hydrogens (primary N) is 1. The summed E-state index contributed by atoms with van der Waals surface area (Å²) in [4.78, 5) is 42.0. The van der Waals surface area contributed by atoms with Crippen LogP contribution < -0.4 is 15.5 Å². The molecule has 1 amide bonds. The van der Waals surface area contributed by atoms with Gasteiger partial charge in [-0.3, -0.25) is 9.69 Å². The number of allylic oxidation sites excluding steroid dienone is 1. The van der Waals surface area contributed by atoms with Crippen LogP contribution in [0.3, 0.4) is 0 Å². The van der Waals surface area contributed by atoms with Gasteiger partial charge in [0.25, 0.3) is 0 Å². The van der Waals surface area contributed by atoms with E-state index in [9.17, 15) is 19.6 Å². The molecule has 0 bridgehead atoms. The molecule has 2 heterocycles. The normalized spacial score (nSPS) is 18.7. The van der Waals surface area contributed by atoms with E-state index in [2.05, 4.69) is 6.07 Å². The monoisotopic (exact) mass is 486 g/mol. The molecule has 0 radical (unpaired) electrons. The summed E-state index contributed by atoms with van der Waals surface area (Å²) in [5.41, 5.74) is 8.03. The average molecular weight is 487 g/mol. The Balaban J connectivity index is 2.04. The molecule has 2 N–H and O–H groups in total. The van der Waals surface area contributed by atoms with Crippen LogP contribution >= 0.6 is 0 Å². The van der Waals surface area contributed by atoms with E-state index in [4.69, 9.17) is 15.2 Å². The van der Waals surface area contributed by atoms with Crippen molar-refractivity contribution >= 4 is 29.2 Å². The quantitative estimate of drug-likeness (QED) is 0.654. The zero-order valence-electron chi connectivity index (χ0n) is 20.7. The standard InChI is InChI=1S/C27H26N4O5/c1-27(2)18-12-11-16(13-19(18)30(3)26(27)34)31-22(25(33)36-5)21(24(32)35-4)20(17(14-28)23(31)29)15-9-7-6-8-10-15/h6-13,20H,29H2,1-5H3. The average Bonchev–Trinajstić information content (AvgIpc) is 3.06. The minimum absolute atomic E-state index is 0.0365. The molecule has 1 atom stereocenters. The number of amides is 1. The number of likely N-dealkylation sites (N-methyl/N-ethyl adjacent to an activating group) is 1. The molecule has 0 saturated heterocycles. The van der Waals surface area contributed by atoms with Gasteiger partial charge >= 0.3 is 11.9 Å². The number of methoxy groups -OCH3 is 2. The Hall–Kier alpha value is -4.58. The van der Waals surface area contributed by atoms with Crippen LogP contribution in [0.5, 0.6) is 0 Å². The number of rotatable bonds is 4. The first-order valence-electron chi connectivity index (χ1n) is 11.2. The third-order valence-corrected chi connectivity index (χ3v) is 6.72. The Bertz CT molecular complexity index is 1380. The van der Waals surface area contributed by atoms with Gasteiger partial charge in [0.2, 0.25) is 5.91 Å². The largest absolute Gasteiger partial charge is 0.466 e. The lowest BCUT2D eigenvalue weighted by Gasteiger charge is -2.36. The van der Waals surface area contributed by atoms with Gasteiger partial charge in [-0.05, 0) is 37.1 Å². The highest BCUT2D eigenvalue weighted by Crippen LogP contribution is 2.46. The van der Waals surface area contributed by atoms with E-state index < -0.39 is 23.3 Å². The molecule has 0 aliphatic carbocycles.